The lowest BCUT2D eigenvalue weighted by molar-refractivity contribution is -0.150. The van der Waals surface area contributed by atoms with Crippen LogP contribution in [0.5, 0.6) is 0 Å². The van der Waals surface area contributed by atoms with Crippen molar-refractivity contribution >= 4 is 5.91 Å². The molecule has 0 N–H and O–H groups in total. The van der Waals surface area contributed by atoms with Crippen molar-refractivity contribution in [3.63, 3.8) is 0 Å². The predicted molar refractivity (Wildman–Crippen MR) is 90.3 cm³/mol. The van der Waals surface area contributed by atoms with E-state index in [9.17, 15) is 4.79 Å². The van der Waals surface area contributed by atoms with Crippen LogP contribution in [0.15, 0.2) is 0 Å². The molecule has 0 saturated carbocycles. The van der Waals surface area contributed by atoms with E-state index in [4.69, 9.17) is 0 Å². The SMILES string of the molecule is CN1CCN(C(=O)C(C)(CCC(C)(C)C)C(C)(C)C)CC1. The summed E-state index contributed by atoms with van der Waals surface area (Å²) in [6.07, 6.45) is 2.05. The van der Waals surface area contributed by atoms with Gasteiger partial charge in [-0.1, -0.05) is 48.5 Å². The summed E-state index contributed by atoms with van der Waals surface area (Å²) < 4.78 is 0. The highest BCUT2D eigenvalue weighted by atomic mass is 16.2. The Kier molecular flexibility index (Phi) is 5.52. The molecule has 1 heterocycles. The molecule has 3 nitrogen and oxygen atoms in total. The molecular weight excluding hydrogens is 260 g/mol. The third kappa shape index (κ3) is 4.70. The Morgan fingerprint density at radius 2 is 1.33 bits per heavy atom. The van der Waals surface area contributed by atoms with Gasteiger partial charge in [0, 0.05) is 26.2 Å². The summed E-state index contributed by atoms with van der Waals surface area (Å²) in [7, 11) is 2.13. The van der Waals surface area contributed by atoms with E-state index in [1.807, 2.05) is 0 Å². The number of amides is 1. The highest BCUT2D eigenvalue weighted by molar-refractivity contribution is 5.83. The van der Waals surface area contributed by atoms with E-state index >= 15 is 0 Å². The maximum atomic E-state index is 13.2. The van der Waals surface area contributed by atoms with E-state index in [0.29, 0.717) is 5.91 Å². The zero-order valence-electron chi connectivity index (χ0n) is 15.5. The number of nitrogens with zero attached hydrogens (tertiary/aromatic N) is 2. The molecule has 1 aliphatic rings. The quantitative estimate of drug-likeness (QED) is 0.794. The number of hydrogen-bond donors (Lipinski definition) is 0. The molecular formula is C18H36N2O. The third-order valence-electron chi connectivity index (χ3n) is 5.29. The molecule has 1 atom stereocenters. The summed E-state index contributed by atoms with van der Waals surface area (Å²) in [5.74, 6) is 0.354. The van der Waals surface area contributed by atoms with E-state index in [1.54, 1.807) is 0 Å². The van der Waals surface area contributed by atoms with Crippen LogP contribution in [0.3, 0.4) is 0 Å². The van der Waals surface area contributed by atoms with Crippen LogP contribution in [0.1, 0.15) is 61.3 Å². The average Bonchev–Trinajstić information content (AvgIpc) is 2.33. The van der Waals surface area contributed by atoms with Crippen LogP contribution in [-0.4, -0.2) is 48.9 Å². The number of carbonyl (C=O) groups excluding carboxylic acids is 1. The molecule has 3 heteroatoms. The zero-order valence-corrected chi connectivity index (χ0v) is 15.5. The summed E-state index contributed by atoms with van der Waals surface area (Å²) in [4.78, 5) is 17.6. The Labute approximate surface area is 132 Å². The Morgan fingerprint density at radius 1 is 0.857 bits per heavy atom. The lowest BCUT2D eigenvalue weighted by Gasteiger charge is -2.46. The molecule has 1 amide bonds. The minimum atomic E-state index is -0.282. The molecule has 1 fully saturated rings. The monoisotopic (exact) mass is 296 g/mol. The second kappa shape index (κ2) is 6.28. The second-order valence-electron chi connectivity index (χ2n) is 9.24. The molecule has 1 rings (SSSR count). The van der Waals surface area contributed by atoms with Crippen LogP contribution in [0.2, 0.25) is 0 Å². The Balaban J connectivity index is 2.89. The number of likely N-dealkylation sites (N-methyl/N-ethyl adjacent to an activating group) is 1. The normalized spacial score (nSPS) is 21.2. The van der Waals surface area contributed by atoms with Gasteiger partial charge in [0.15, 0.2) is 0 Å². The van der Waals surface area contributed by atoms with Gasteiger partial charge < -0.3 is 9.80 Å². The molecule has 21 heavy (non-hydrogen) atoms. The van der Waals surface area contributed by atoms with E-state index in [0.717, 1.165) is 39.0 Å². The Morgan fingerprint density at radius 3 is 1.71 bits per heavy atom. The lowest BCUT2D eigenvalue weighted by atomic mass is 9.63. The second-order valence-corrected chi connectivity index (χ2v) is 9.24. The van der Waals surface area contributed by atoms with Crippen molar-refractivity contribution in [2.24, 2.45) is 16.2 Å². The number of carbonyl (C=O) groups is 1. The number of rotatable bonds is 3. The fourth-order valence-electron chi connectivity index (χ4n) is 2.79. The van der Waals surface area contributed by atoms with Gasteiger partial charge in [-0.2, -0.15) is 0 Å². The maximum absolute atomic E-state index is 13.2. The van der Waals surface area contributed by atoms with Crippen molar-refractivity contribution in [2.75, 3.05) is 33.2 Å². The van der Waals surface area contributed by atoms with Crippen molar-refractivity contribution in [2.45, 2.75) is 61.3 Å². The van der Waals surface area contributed by atoms with Gasteiger partial charge in [0.2, 0.25) is 5.91 Å². The van der Waals surface area contributed by atoms with Gasteiger partial charge in [0.05, 0.1) is 5.41 Å². The molecule has 0 aromatic rings. The first-order valence-corrected chi connectivity index (χ1v) is 8.35. The molecule has 0 aromatic heterocycles. The Bertz CT molecular complexity index is 356. The van der Waals surface area contributed by atoms with Crippen LogP contribution in [0.4, 0.5) is 0 Å². The number of hydrogen-bond acceptors (Lipinski definition) is 2. The van der Waals surface area contributed by atoms with E-state index in [1.165, 1.54) is 0 Å². The van der Waals surface area contributed by atoms with E-state index in [2.05, 4.69) is 65.3 Å². The molecule has 0 radical (unpaired) electrons. The molecule has 1 aliphatic heterocycles. The van der Waals surface area contributed by atoms with Crippen molar-refractivity contribution in [3.05, 3.63) is 0 Å². The van der Waals surface area contributed by atoms with Crippen LogP contribution >= 0.6 is 0 Å². The van der Waals surface area contributed by atoms with Gasteiger partial charge in [-0.15, -0.1) is 0 Å². The third-order valence-corrected chi connectivity index (χ3v) is 5.29. The van der Waals surface area contributed by atoms with Gasteiger partial charge in [-0.05, 0) is 30.7 Å². The maximum Gasteiger partial charge on any atom is 0.229 e. The molecule has 0 spiro atoms. The first-order chi connectivity index (χ1) is 9.37. The highest BCUT2D eigenvalue weighted by Crippen LogP contribution is 2.45. The molecule has 0 bridgehead atoms. The average molecular weight is 296 g/mol. The minimum Gasteiger partial charge on any atom is -0.340 e. The molecule has 0 aliphatic carbocycles. The first kappa shape index (κ1) is 18.5. The fourth-order valence-corrected chi connectivity index (χ4v) is 2.79. The summed E-state index contributed by atoms with van der Waals surface area (Å²) in [6.45, 7) is 19.3. The predicted octanol–water partition coefficient (Wildman–Crippen LogP) is 3.64. The molecule has 0 aromatic carbocycles. The smallest absolute Gasteiger partial charge is 0.229 e. The molecule has 124 valence electrons. The molecule has 1 unspecified atom stereocenters. The van der Waals surface area contributed by atoms with Crippen molar-refractivity contribution in [1.82, 2.24) is 9.80 Å². The van der Waals surface area contributed by atoms with Crippen LogP contribution in [0, 0.1) is 16.2 Å². The van der Waals surface area contributed by atoms with Gasteiger partial charge in [-0.3, -0.25) is 4.79 Å². The van der Waals surface area contributed by atoms with Gasteiger partial charge in [-0.25, -0.2) is 0 Å². The fraction of sp³-hybridized carbons (Fsp3) is 0.944. The van der Waals surface area contributed by atoms with E-state index < -0.39 is 0 Å². The summed E-state index contributed by atoms with van der Waals surface area (Å²) in [6, 6.07) is 0. The van der Waals surface area contributed by atoms with Gasteiger partial charge in [0.25, 0.3) is 0 Å². The lowest BCUT2D eigenvalue weighted by Crippen LogP contribution is -2.55. The Hall–Kier alpha value is -0.570. The van der Waals surface area contributed by atoms with Gasteiger partial charge in [0.1, 0.15) is 0 Å². The van der Waals surface area contributed by atoms with Crippen LogP contribution in [0.25, 0.3) is 0 Å². The highest BCUT2D eigenvalue weighted by Gasteiger charge is 2.46. The van der Waals surface area contributed by atoms with Crippen molar-refractivity contribution in [1.29, 1.82) is 0 Å². The topological polar surface area (TPSA) is 23.6 Å². The van der Waals surface area contributed by atoms with Gasteiger partial charge >= 0.3 is 0 Å². The summed E-state index contributed by atoms with van der Waals surface area (Å²) in [5, 5.41) is 0. The summed E-state index contributed by atoms with van der Waals surface area (Å²) in [5.41, 5.74) is -0.0240. The zero-order chi connectivity index (χ0) is 16.5. The molecule has 1 saturated heterocycles. The first-order valence-electron chi connectivity index (χ1n) is 8.35. The van der Waals surface area contributed by atoms with E-state index in [-0.39, 0.29) is 16.2 Å². The summed E-state index contributed by atoms with van der Waals surface area (Å²) >= 11 is 0. The van der Waals surface area contributed by atoms with Crippen LogP contribution < -0.4 is 0 Å². The van der Waals surface area contributed by atoms with Crippen molar-refractivity contribution < 1.29 is 4.79 Å². The standard InChI is InChI=1S/C18H36N2O/c1-16(2,3)9-10-18(7,17(4,5)6)15(21)20-13-11-19(8)12-14-20/h9-14H2,1-8H3. The van der Waals surface area contributed by atoms with Crippen LogP contribution in [-0.2, 0) is 4.79 Å². The minimum absolute atomic E-state index is 0.0152. The number of piperazine rings is 1. The van der Waals surface area contributed by atoms with Crippen molar-refractivity contribution in [3.8, 4) is 0 Å². The largest absolute Gasteiger partial charge is 0.340 e.